The van der Waals surface area contributed by atoms with Crippen LogP contribution in [0.3, 0.4) is 0 Å². The summed E-state index contributed by atoms with van der Waals surface area (Å²) in [5.74, 6) is 0. The van der Waals surface area contributed by atoms with E-state index in [1.807, 2.05) is 30.7 Å². The minimum absolute atomic E-state index is 0.00995. The Hall–Kier alpha value is -2.52. The summed E-state index contributed by atoms with van der Waals surface area (Å²) < 4.78 is 0. The van der Waals surface area contributed by atoms with E-state index in [1.165, 1.54) is 16.8 Å². The average molecular weight is 386 g/mol. The summed E-state index contributed by atoms with van der Waals surface area (Å²) in [5.41, 5.74) is 4.10. The van der Waals surface area contributed by atoms with E-state index in [0.717, 1.165) is 38.8 Å². The van der Waals surface area contributed by atoms with Crippen molar-refractivity contribution in [1.29, 1.82) is 0 Å². The van der Waals surface area contributed by atoms with Crippen LogP contribution in [0.1, 0.15) is 49.9 Å². The first kappa shape index (κ1) is 19.8. The molecule has 1 aliphatic heterocycles. The zero-order valence-electron chi connectivity index (χ0n) is 17.6. The highest BCUT2D eigenvalue weighted by Crippen LogP contribution is 2.41. The zero-order valence-corrected chi connectivity index (χ0v) is 17.6. The number of hydrogen-bond acceptors (Lipinski definition) is 3. The van der Waals surface area contributed by atoms with Gasteiger partial charge in [-0.15, -0.1) is 0 Å². The molecule has 1 saturated heterocycles. The molecule has 4 rings (SSSR count). The second-order valence-electron chi connectivity index (χ2n) is 8.77. The van der Waals surface area contributed by atoms with Crippen LogP contribution in [0.25, 0.3) is 0 Å². The van der Waals surface area contributed by atoms with E-state index in [2.05, 4.69) is 72.3 Å². The quantitative estimate of drug-likeness (QED) is 0.570. The molecule has 1 fully saturated rings. The van der Waals surface area contributed by atoms with Gasteiger partial charge in [0.25, 0.3) is 0 Å². The number of hydrogen-bond donors (Lipinski definition) is 0. The first-order valence-corrected chi connectivity index (χ1v) is 10.7. The summed E-state index contributed by atoms with van der Waals surface area (Å²) in [6.07, 6.45) is 10.3. The van der Waals surface area contributed by atoms with Gasteiger partial charge in [-0.3, -0.25) is 14.9 Å². The third kappa shape index (κ3) is 4.25. The fourth-order valence-electron chi connectivity index (χ4n) is 4.74. The van der Waals surface area contributed by atoms with E-state index in [-0.39, 0.29) is 11.0 Å². The minimum atomic E-state index is -0.00995. The zero-order chi connectivity index (χ0) is 20.2. The second kappa shape index (κ2) is 8.46. The van der Waals surface area contributed by atoms with Crippen LogP contribution in [0.2, 0.25) is 0 Å². The van der Waals surface area contributed by atoms with Gasteiger partial charge in [-0.25, -0.2) is 0 Å². The molecule has 29 heavy (non-hydrogen) atoms. The van der Waals surface area contributed by atoms with E-state index in [9.17, 15) is 0 Å². The van der Waals surface area contributed by atoms with Crippen molar-refractivity contribution in [2.45, 2.75) is 50.5 Å². The molecular weight excluding hydrogens is 354 g/mol. The van der Waals surface area contributed by atoms with Crippen molar-refractivity contribution in [3.05, 3.63) is 96.1 Å². The highest BCUT2D eigenvalue weighted by molar-refractivity contribution is 5.23. The van der Waals surface area contributed by atoms with Gasteiger partial charge in [-0.1, -0.05) is 42.5 Å². The predicted octanol–water partition coefficient (Wildman–Crippen LogP) is 5.38. The molecule has 150 valence electrons. The Morgan fingerprint density at radius 2 is 1.66 bits per heavy atom. The van der Waals surface area contributed by atoms with Gasteiger partial charge in [-0.2, -0.15) is 0 Å². The monoisotopic (exact) mass is 385 g/mol. The molecule has 3 nitrogen and oxygen atoms in total. The molecule has 1 aliphatic rings. The highest BCUT2D eigenvalue weighted by atomic mass is 15.2. The van der Waals surface area contributed by atoms with Crippen LogP contribution in [0.15, 0.2) is 79.3 Å². The first-order chi connectivity index (χ1) is 14.1. The van der Waals surface area contributed by atoms with Crippen molar-refractivity contribution in [1.82, 2.24) is 14.9 Å². The lowest BCUT2D eigenvalue weighted by Gasteiger charge is -2.48. The number of pyridine rings is 2. The average Bonchev–Trinajstić information content (AvgIpc) is 2.80. The number of likely N-dealkylation sites (tertiary alicyclic amines) is 1. The van der Waals surface area contributed by atoms with Crippen LogP contribution < -0.4 is 0 Å². The Labute approximate surface area is 174 Å². The van der Waals surface area contributed by atoms with Gasteiger partial charge in [0.15, 0.2) is 0 Å². The van der Waals surface area contributed by atoms with Crippen molar-refractivity contribution in [2.75, 3.05) is 13.1 Å². The van der Waals surface area contributed by atoms with Gasteiger partial charge in [0.1, 0.15) is 0 Å². The molecule has 0 radical (unpaired) electrons. The van der Waals surface area contributed by atoms with Crippen molar-refractivity contribution >= 4 is 0 Å². The van der Waals surface area contributed by atoms with E-state index in [4.69, 9.17) is 4.98 Å². The normalized spacial score (nSPS) is 17.2. The van der Waals surface area contributed by atoms with Crippen LogP contribution in [0.4, 0.5) is 0 Å². The lowest BCUT2D eigenvalue weighted by Crippen LogP contribution is -2.50. The van der Waals surface area contributed by atoms with Crippen LogP contribution in [0, 0.1) is 0 Å². The van der Waals surface area contributed by atoms with Crippen LogP contribution in [-0.4, -0.2) is 28.0 Å². The molecule has 0 aliphatic carbocycles. The molecule has 0 unspecified atom stereocenters. The number of nitrogens with zero attached hydrogens (tertiary/aromatic N) is 3. The standard InChI is InChI=1S/C26H31N3/c1-25(2,23-11-8-17-27-21-23)29-19-15-26(16-20-29,24-12-6-7-18-28-24)14-13-22-9-4-3-5-10-22/h3-12,17-18,21H,13-16,19-20H2,1-2H3. The van der Waals surface area contributed by atoms with Crippen molar-refractivity contribution < 1.29 is 0 Å². The predicted molar refractivity (Wildman–Crippen MR) is 119 cm³/mol. The van der Waals surface area contributed by atoms with Crippen LogP contribution >= 0.6 is 0 Å². The van der Waals surface area contributed by atoms with Gasteiger partial charge >= 0.3 is 0 Å². The Bertz CT molecular complexity index is 883. The number of piperidine rings is 1. The Morgan fingerprint density at radius 1 is 0.897 bits per heavy atom. The number of aromatic nitrogens is 2. The lowest BCUT2D eigenvalue weighted by atomic mass is 9.70. The van der Waals surface area contributed by atoms with E-state index >= 15 is 0 Å². The summed E-state index contributed by atoms with van der Waals surface area (Å²) in [5, 5.41) is 0. The molecule has 1 aromatic carbocycles. The second-order valence-corrected chi connectivity index (χ2v) is 8.77. The minimum Gasteiger partial charge on any atom is -0.294 e. The smallest absolute Gasteiger partial charge is 0.0466 e. The molecular formula is C26H31N3. The van der Waals surface area contributed by atoms with Crippen LogP contribution in [-0.2, 0) is 17.4 Å². The van der Waals surface area contributed by atoms with E-state index < -0.39 is 0 Å². The van der Waals surface area contributed by atoms with Crippen molar-refractivity contribution in [2.24, 2.45) is 0 Å². The van der Waals surface area contributed by atoms with Gasteiger partial charge in [-0.05, 0) is 81.9 Å². The maximum atomic E-state index is 4.80. The van der Waals surface area contributed by atoms with Crippen molar-refractivity contribution in [3.63, 3.8) is 0 Å². The number of benzene rings is 1. The summed E-state index contributed by atoms with van der Waals surface area (Å²) in [6, 6.07) is 21.5. The lowest BCUT2D eigenvalue weighted by molar-refractivity contribution is 0.0567. The molecule has 3 heterocycles. The largest absolute Gasteiger partial charge is 0.294 e. The van der Waals surface area contributed by atoms with E-state index in [1.54, 1.807) is 0 Å². The maximum absolute atomic E-state index is 4.80. The van der Waals surface area contributed by atoms with Gasteiger partial charge < -0.3 is 0 Å². The molecule has 0 spiro atoms. The molecule has 3 aromatic rings. The van der Waals surface area contributed by atoms with Gasteiger partial charge in [0.2, 0.25) is 0 Å². The fourth-order valence-corrected chi connectivity index (χ4v) is 4.74. The van der Waals surface area contributed by atoms with Crippen molar-refractivity contribution in [3.8, 4) is 0 Å². The fraction of sp³-hybridized carbons (Fsp3) is 0.385. The number of rotatable bonds is 6. The highest BCUT2D eigenvalue weighted by Gasteiger charge is 2.41. The topological polar surface area (TPSA) is 29.0 Å². The Morgan fingerprint density at radius 3 is 2.31 bits per heavy atom. The molecule has 0 saturated carbocycles. The third-order valence-corrected chi connectivity index (χ3v) is 6.82. The number of aryl methyl sites for hydroxylation is 1. The van der Waals surface area contributed by atoms with Gasteiger partial charge in [0.05, 0.1) is 0 Å². The summed E-state index contributed by atoms with van der Waals surface area (Å²) in [4.78, 5) is 11.8. The van der Waals surface area contributed by atoms with Crippen LogP contribution in [0.5, 0.6) is 0 Å². The first-order valence-electron chi connectivity index (χ1n) is 10.7. The summed E-state index contributed by atoms with van der Waals surface area (Å²) in [6.45, 7) is 6.80. The summed E-state index contributed by atoms with van der Waals surface area (Å²) >= 11 is 0. The third-order valence-electron chi connectivity index (χ3n) is 6.82. The molecule has 0 atom stereocenters. The summed E-state index contributed by atoms with van der Waals surface area (Å²) in [7, 11) is 0. The Kier molecular flexibility index (Phi) is 5.77. The van der Waals surface area contributed by atoms with E-state index in [0.29, 0.717) is 0 Å². The molecule has 0 bridgehead atoms. The Balaban J connectivity index is 1.53. The molecule has 3 heteroatoms. The molecule has 2 aromatic heterocycles. The van der Waals surface area contributed by atoms with Gasteiger partial charge in [0, 0.05) is 35.2 Å². The SMILES string of the molecule is CC(C)(c1cccnc1)N1CCC(CCc2ccccc2)(c2ccccn2)CC1. The maximum Gasteiger partial charge on any atom is 0.0466 e. The molecule has 0 amide bonds. The molecule has 0 N–H and O–H groups in total.